The van der Waals surface area contributed by atoms with E-state index in [0.29, 0.717) is 10.3 Å². The summed E-state index contributed by atoms with van der Waals surface area (Å²) in [6.07, 6.45) is -4.52. The molecule has 0 aliphatic carbocycles. The Morgan fingerprint density at radius 2 is 1.67 bits per heavy atom. The number of nitrogens with zero attached hydrogens (tertiary/aromatic N) is 2. The van der Waals surface area contributed by atoms with Gasteiger partial charge in [-0.25, -0.2) is 9.36 Å². The average Bonchev–Trinajstić information content (AvgIpc) is 3.36. The fourth-order valence-electron chi connectivity index (χ4n) is 5.89. The number of nitrogens with one attached hydrogen (secondary N) is 1. The number of carboxylic acid groups (broad SMARTS) is 1. The van der Waals surface area contributed by atoms with Crippen LogP contribution < -0.4 is 15.7 Å². The fourth-order valence-corrected chi connectivity index (χ4v) is 7.29. The number of aromatic nitrogens is 2. The van der Waals surface area contributed by atoms with Gasteiger partial charge in [-0.3, -0.25) is 22.9 Å². The Balaban J connectivity index is 1.30. The zero-order valence-corrected chi connectivity index (χ0v) is 27.4. The van der Waals surface area contributed by atoms with Gasteiger partial charge in [0, 0.05) is 6.20 Å². The third kappa shape index (κ3) is 6.75. The quantitative estimate of drug-likeness (QED) is 0.136. The number of carboxylic acids is 1. The number of phosphoric acid groups is 1. The van der Waals surface area contributed by atoms with Crippen molar-refractivity contribution in [2.24, 2.45) is 5.92 Å². The van der Waals surface area contributed by atoms with Crippen LogP contribution in [-0.2, 0) is 33.2 Å². The normalized spacial score (nSPS) is 23.7. The molecular formula is C34H34F2N3O9P. The Kier molecular flexibility index (Phi) is 9.70. The first kappa shape index (κ1) is 34.4. The van der Waals surface area contributed by atoms with Crippen molar-refractivity contribution in [3.8, 4) is 5.75 Å². The summed E-state index contributed by atoms with van der Waals surface area (Å²) in [5, 5.41) is 12.5. The second-order valence-electron chi connectivity index (χ2n) is 11.7. The van der Waals surface area contributed by atoms with Crippen LogP contribution in [0.1, 0.15) is 36.3 Å². The van der Waals surface area contributed by atoms with E-state index < -0.39 is 61.9 Å². The molecule has 6 rings (SSSR count). The minimum Gasteiger partial charge on any atom is -0.497 e. The third-order valence-electron chi connectivity index (χ3n) is 8.55. The lowest BCUT2D eigenvalue weighted by molar-refractivity contribution is -0.142. The smallest absolute Gasteiger partial charge is 0.475 e. The largest absolute Gasteiger partial charge is 0.497 e. The van der Waals surface area contributed by atoms with Crippen LogP contribution in [0.2, 0.25) is 0 Å². The number of alkyl halides is 2. The first-order valence-corrected chi connectivity index (χ1v) is 16.9. The summed E-state index contributed by atoms with van der Waals surface area (Å²) < 4.78 is 71.6. The molecule has 0 bridgehead atoms. The van der Waals surface area contributed by atoms with Crippen LogP contribution in [-0.4, -0.2) is 59.1 Å². The van der Waals surface area contributed by atoms with Gasteiger partial charge in [0.15, 0.2) is 6.10 Å². The molecule has 0 amide bonds. The van der Waals surface area contributed by atoms with E-state index in [-0.39, 0.29) is 18.8 Å². The van der Waals surface area contributed by atoms with E-state index in [0.717, 1.165) is 22.9 Å². The van der Waals surface area contributed by atoms with E-state index in [1.54, 1.807) is 7.11 Å². The van der Waals surface area contributed by atoms with Crippen LogP contribution in [0, 0.1) is 5.92 Å². The van der Waals surface area contributed by atoms with Gasteiger partial charge in [0.1, 0.15) is 23.2 Å². The number of rotatable bonds is 12. The highest BCUT2D eigenvalue weighted by atomic mass is 31.2. The second kappa shape index (κ2) is 13.8. The van der Waals surface area contributed by atoms with E-state index in [2.05, 4.69) is 10.3 Å². The number of hydrogen-bond donors (Lipinski definition) is 2. The van der Waals surface area contributed by atoms with Gasteiger partial charge in [-0.1, -0.05) is 79.7 Å². The molecule has 1 aromatic heterocycles. The zero-order chi connectivity index (χ0) is 34.8. The van der Waals surface area contributed by atoms with Crippen LogP contribution >= 0.6 is 7.82 Å². The third-order valence-corrected chi connectivity index (χ3v) is 10.00. The molecule has 3 heterocycles. The Labute approximate surface area is 280 Å². The van der Waals surface area contributed by atoms with E-state index in [9.17, 15) is 14.2 Å². The van der Waals surface area contributed by atoms with E-state index in [1.165, 1.54) is 13.0 Å². The Morgan fingerprint density at radius 3 is 2.24 bits per heavy atom. The van der Waals surface area contributed by atoms with Gasteiger partial charge in [-0.15, -0.1) is 0 Å². The van der Waals surface area contributed by atoms with Crippen molar-refractivity contribution in [3.63, 3.8) is 0 Å². The van der Waals surface area contributed by atoms with Crippen molar-refractivity contribution >= 4 is 19.6 Å². The molecule has 2 fully saturated rings. The number of benzene rings is 3. The first-order valence-electron chi connectivity index (χ1n) is 15.4. The molecule has 3 aromatic carbocycles. The lowest BCUT2D eigenvalue weighted by Gasteiger charge is -2.37. The topological polar surface area (TPSA) is 147 Å². The number of carbonyl (C=O) groups is 1. The summed E-state index contributed by atoms with van der Waals surface area (Å²) in [6.45, 7) is 0.488. The molecule has 0 saturated carbocycles. The molecule has 49 heavy (non-hydrogen) atoms. The van der Waals surface area contributed by atoms with Crippen molar-refractivity contribution in [2.45, 2.75) is 43.2 Å². The SMILES string of the molecule is COc1ccc(C(Nc2ccn([C@@H]3O[C@@H]4COP(=O)(OCC[C@H](C)C(=O)O)O[C@H]4C3(F)F)c(=O)n2)(c2ccccc2)c2ccccc2)cc1. The maximum Gasteiger partial charge on any atom is 0.475 e. The number of aliphatic carboxylic acids is 1. The maximum absolute atomic E-state index is 15.8. The van der Waals surface area contributed by atoms with E-state index >= 15 is 8.78 Å². The predicted octanol–water partition coefficient (Wildman–Crippen LogP) is 5.84. The summed E-state index contributed by atoms with van der Waals surface area (Å²) >= 11 is 0. The van der Waals surface area contributed by atoms with Crippen LogP contribution in [0.3, 0.4) is 0 Å². The van der Waals surface area contributed by atoms with Crippen molar-refractivity contribution in [3.05, 3.63) is 124 Å². The lowest BCUT2D eigenvalue weighted by Crippen LogP contribution is -2.45. The van der Waals surface area contributed by atoms with Gasteiger partial charge in [-0.2, -0.15) is 13.8 Å². The second-order valence-corrected chi connectivity index (χ2v) is 13.3. The highest BCUT2D eigenvalue weighted by Gasteiger charge is 2.65. The maximum atomic E-state index is 15.8. The van der Waals surface area contributed by atoms with Crippen molar-refractivity contribution in [1.29, 1.82) is 0 Å². The number of halogens is 2. The Morgan fingerprint density at radius 1 is 1.06 bits per heavy atom. The number of fused-ring (bicyclic) bond motifs is 1. The highest BCUT2D eigenvalue weighted by molar-refractivity contribution is 7.48. The van der Waals surface area contributed by atoms with E-state index in [4.69, 9.17) is 28.2 Å². The van der Waals surface area contributed by atoms with Crippen LogP contribution in [0.15, 0.2) is 102 Å². The minimum atomic E-state index is -4.48. The number of ether oxygens (including phenoxy) is 2. The highest BCUT2D eigenvalue weighted by Crippen LogP contribution is 2.60. The lowest BCUT2D eigenvalue weighted by atomic mass is 9.77. The predicted molar refractivity (Wildman–Crippen MR) is 173 cm³/mol. The molecule has 2 aliphatic heterocycles. The van der Waals surface area contributed by atoms with Crippen LogP contribution in [0.4, 0.5) is 14.6 Å². The molecule has 0 radical (unpaired) electrons. The Bertz CT molecular complexity index is 1840. The molecule has 1 unspecified atom stereocenters. The number of methoxy groups -OCH3 is 1. The molecule has 15 heteroatoms. The van der Waals surface area contributed by atoms with E-state index in [1.807, 2.05) is 84.9 Å². The van der Waals surface area contributed by atoms with Gasteiger partial charge in [0.05, 0.1) is 26.2 Å². The monoisotopic (exact) mass is 697 g/mol. The van der Waals surface area contributed by atoms with Gasteiger partial charge >= 0.3 is 25.4 Å². The summed E-state index contributed by atoms with van der Waals surface area (Å²) in [5.41, 5.74) is 0.285. The summed E-state index contributed by atoms with van der Waals surface area (Å²) in [6, 6.07) is 27.8. The molecule has 2 saturated heterocycles. The first-order chi connectivity index (χ1) is 23.5. The van der Waals surface area contributed by atoms with Crippen molar-refractivity contribution in [2.75, 3.05) is 25.6 Å². The van der Waals surface area contributed by atoms with Gasteiger partial charge in [0.2, 0.25) is 6.23 Å². The standard InChI is InChI=1S/C34H34F2N3O9P/c1-22(30(40)41)18-20-45-49(43)46-21-27-29(48-49)34(35,36)31(47-27)39-19-17-28(37-32(39)42)38-33(23-9-5-3-6-10-23,24-11-7-4-8-12-24)25-13-15-26(44-2)16-14-25/h3-17,19,22,27,29,31H,18,20-21H2,1-2H3,(H,40,41)(H,37,38,42)/t22-,27+,29+,31+,49?/m0/s1. The molecule has 4 aromatic rings. The van der Waals surface area contributed by atoms with Gasteiger partial charge in [0.25, 0.3) is 0 Å². The summed E-state index contributed by atoms with van der Waals surface area (Å²) in [7, 11) is -2.91. The molecule has 258 valence electrons. The molecule has 0 spiro atoms. The Hall–Kier alpha value is -4.46. The van der Waals surface area contributed by atoms with Crippen molar-refractivity contribution < 1.29 is 46.3 Å². The summed E-state index contributed by atoms with van der Waals surface area (Å²) in [5.74, 6) is -5.05. The minimum absolute atomic E-state index is 0.0502. The molecule has 12 nitrogen and oxygen atoms in total. The number of anilines is 1. The fraction of sp³-hybridized carbons (Fsp3) is 0.324. The average molecular weight is 698 g/mol. The number of hydrogen-bond acceptors (Lipinski definition) is 10. The zero-order valence-electron chi connectivity index (χ0n) is 26.5. The summed E-state index contributed by atoms with van der Waals surface area (Å²) in [4.78, 5) is 28.7. The molecule has 2 aliphatic rings. The molecule has 2 N–H and O–H groups in total. The molecular weight excluding hydrogens is 663 g/mol. The van der Waals surface area contributed by atoms with Crippen LogP contribution in [0.5, 0.6) is 5.75 Å². The van der Waals surface area contributed by atoms with Gasteiger partial charge < -0.3 is 19.9 Å². The molecule has 5 atom stereocenters. The van der Waals surface area contributed by atoms with Crippen LogP contribution in [0.25, 0.3) is 0 Å². The van der Waals surface area contributed by atoms with Gasteiger partial charge in [-0.05, 0) is 41.3 Å². The number of phosphoric ester groups is 1. The van der Waals surface area contributed by atoms with Crippen molar-refractivity contribution in [1.82, 2.24) is 9.55 Å².